The third-order valence-electron chi connectivity index (χ3n) is 14.9. The minimum absolute atomic E-state index is 0.0260. The average Bonchev–Trinajstić information content (AvgIpc) is 3.62. The van der Waals surface area contributed by atoms with Gasteiger partial charge in [-0.15, -0.1) is 0 Å². The monoisotopic (exact) mass is 1200 g/mol. The van der Waals surface area contributed by atoms with Crippen molar-refractivity contribution in [2.45, 2.75) is 186 Å². The number of aromatic nitrogens is 1. The Hall–Kier alpha value is -3.56. The van der Waals surface area contributed by atoms with E-state index in [4.69, 9.17) is 33.2 Å². The smallest absolute Gasteiger partial charge is 0.311 e. The number of amides is 1. The number of hydrogen-bond donors (Lipinski definition) is 7. The van der Waals surface area contributed by atoms with Crippen LogP contribution in [0, 0.1) is 21.7 Å². The SMILES string of the molecule is CCCCOC(=O)C(C)(CC(C)(CCC)C(=O)O)CC(C)(C[B]C(C)(CC(C)(C[B]C(C)(CC)C(=O)OCCOCCO[C@@H]1O[C@H](CO)[C@H](O)[C@H](O)[C@H]1O)C(=O)NC[C@@H](C)O)C(=O)OCCSSc1ccccn1)C(=O)OCCN(C)C. The Balaban J connectivity index is 2.59. The molecule has 0 aliphatic carbocycles. The molecule has 82 heavy (non-hydrogen) atoms. The summed E-state index contributed by atoms with van der Waals surface area (Å²) in [5.74, 6) is -4.11. The van der Waals surface area contributed by atoms with Crippen molar-refractivity contribution < 1.29 is 92.6 Å². The first-order valence-corrected chi connectivity index (χ1v) is 30.7. The molecule has 1 aliphatic heterocycles. The van der Waals surface area contributed by atoms with Crippen LogP contribution in [0.1, 0.15) is 121 Å². The largest absolute Gasteiger partial charge is 0.481 e. The maximum Gasteiger partial charge on any atom is 0.311 e. The van der Waals surface area contributed by atoms with Crippen molar-refractivity contribution in [1.29, 1.82) is 0 Å². The molecule has 1 aromatic rings. The molecule has 0 aromatic carbocycles. The molecule has 2 heterocycles. The topological polar surface area (TPSA) is 317 Å². The van der Waals surface area contributed by atoms with Gasteiger partial charge in [-0.1, -0.05) is 83.9 Å². The number of aliphatic hydroxyl groups is 5. The normalized spacial score (nSPS) is 22.0. The van der Waals surface area contributed by atoms with E-state index < -0.39 is 111 Å². The highest BCUT2D eigenvalue weighted by atomic mass is 33.1. The molecule has 26 heteroatoms. The third-order valence-corrected chi connectivity index (χ3v) is 17.1. The van der Waals surface area contributed by atoms with Crippen LogP contribution in [0.4, 0.5) is 0 Å². The van der Waals surface area contributed by atoms with Crippen LogP contribution in [-0.4, -0.2) is 213 Å². The van der Waals surface area contributed by atoms with Gasteiger partial charge in [-0.3, -0.25) is 28.8 Å². The summed E-state index contributed by atoms with van der Waals surface area (Å²) in [6.45, 7) is 15.8. The van der Waals surface area contributed by atoms with Gasteiger partial charge in [0.15, 0.2) is 6.29 Å². The van der Waals surface area contributed by atoms with Crippen LogP contribution >= 0.6 is 21.6 Å². The molecule has 1 aromatic heterocycles. The Bertz CT molecular complexity index is 2130. The highest BCUT2D eigenvalue weighted by Crippen LogP contribution is 2.51. The molecule has 1 saturated heterocycles. The Morgan fingerprint density at radius 2 is 1.33 bits per heavy atom. The van der Waals surface area contributed by atoms with E-state index in [1.807, 2.05) is 45.0 Å². The van der Waals surface area contributed by atoms with E-state index >= 15 is 0 Å². The first-order chi connectivity index (χ1) is 38.4. The van der Waals surface area contributed by atoms with Crippen LogP contribution in [0.5, 0.6) is 0 Å². The summed E-state index contributed by atoms with van der Waals surface area (Å²) in [5, 5.41) is 61.3. The minimum atomic E-state index is -1.70. The van der Waals surface area contributed by atoms with Crippen molar-refractivity contribution in [3.05, 3.63) is 24.4 Å². The maximum atomic E-state index is 14.9. The number of carboxylic acid groups (broad SMARTS) is 1. The van der Waals surface area contributed by atoms with Gasteiger partial charge in [0.2, 0.25) is 5.91 Å². The van der Waals surface area contributed by atoms with Gasteiger partial charge in [-0.05, 0) is 103 Å². The van der Waals surface area contributed by atoms with Crippen molar-refractivity contribution in [1.82, 2.24) is 15.2 Å². The lowest BCUT2D eigenvalue weighted by atomic mass is 9.40. The van der Waals surface area contributed by atoms with Gasteiger partial charge >= 0.3 is 29.8 Å². The predicted octanol–water partition coefficient (Wildman–Crippen LogP) is 4.78. The fourth-order valence-electron chi connectivity index (χ4n) is 9.69. The number of rotatable bonds is 42. The van der Waals surface area contributed by atoms with Crippen molar-refractivity contribution in [2.24, 2.45) is 21.7 Å². The molecule has 1 amide bonds. The highest BCUT2D eigenvalue weighted by Gasteiger charge is 2.54. The summed E-state index contributed by atoms with van der Waals surface area (Å²) in [4.78, 5) is 91.8. The predicted molar refractivity (Wildman–Crippen MR) is 312 cm³/mol. The molecule has 22 nitrogen and oxygen atoms in total. The quantitative estimate of drug-likeness (QED) is 0.0152. The summed E-state index contributed by atoms with van der Waals surface area (Å²) in [5.41, 5.74) is -6.12. The number of unbranched alkanes of at least 4 members (excludes halogenated alkanes) is 1. The number of pyridine rings is 1. The number of carbonyl (C=O) groups excluding carboxylic acids is 5. The Labute approximate surface area is 495 Å². The number of nitrogens with one attached hydrogen (secondary N) is 1. The van der Waals surface area contributed by atoms with Crippen LogP contribution in [0.15, 0.2) is 29.4 Å². The molecule has 466 valence electrons. The van der Waals surface area contributed by atoms with Crippen LogP contribution < -0.4 is 5.32 Å². The molecule has 6 unspecified atom stereocenters. The minimum Gasteiger partial charge on any atom is -0.481 e. The van der Waals surface area contributed by atoms with Gasteiger partial charge in [0.1, 0.15) is 63.8 Å². The number of aliphatic hydroxyl groups excluding tert-OH is 5. The maximum absolute atomic E-state index is 14.9. The van der Waals surface area contributed by atoms with E-state index in [9.17, 15) is 59.4 Å². The van der Waals surface area contributed by atoms with Crippen molar-refractivity contribution in [3.8, 4) is 0 Å². The zero-order valence-corrected chi connectivity index (χ0v) is 52.1. The molecule has 2 radical (unpaired) electrons. The van der Waals surface area contributed by atoms with Gasteiger partial charge in [0.05, 0.1) is 55.4 Å². The van der Waals surface area contributed by atoms with Gasteiger partial charge in [-0.25, -0.2) is 4.98 Å². The number of esters is 4. The summed E-state index contributed by atoms with van der Waals surface area (Å²) in [6.07, 6.45) is -5.36. The van der Waals surface area contributed by atoms with Gasteiger partial charge < -0.3 is 74.0 Å². The third kappa shape index (κ3) is 23.7. The summed E-state index contributed by atoms with van der Waals surface area (Å²) >= 11 is 0. The fourth-order valence-corrected chi connectivity index (χ4v) is 11.4. The van der Waals surface area contributed by atoms with E-state index in [0.717, 1.165) is 11.4 Å². The van der Waals surface area contributed by atoms with Gasteiger partial charge in [-0.2, -0.15) is 0 Å². The Morgan fingerprint density at radius 3 is 1.93 bits per heavy atom. The van der Waals surface area contributed by atoms with Crippen LogP contribution in [0.3, 0.4) is 0 Å². The summed E-state index contributed by atoms with van der Waals surface area (Å²) in [7, 11) is 9.68. The van der Waals surface area contributed by atoms with Crippen LogP contribution in [0.2, 0.25) is 23.3 Å². The standard InChI is InChI=1S/C56H95B2N3O19S2/c1-13-16-23-76-47(70)52(6,33-51(5,20-14-2)46(68)69)34-54(8,48(71)77-24-22-61(11)12)37-58-56(10,50(73)79-29-30-81-82-40-19-17-18-21-59-40)35-53(7,45(67)60-31-38(4)63)36-57-55(9,15-3)49(72)78-28-26-74-25-27-75-44-43(66)42(65)41(64)39(32-62)80-44/h17-19,21,38-39,41-44,62-66H,13-16,20,22-37H2,1-12H3,(H,60,67)(H,68,69)/t38-,39-,41+,42+,43-,44-,51?,52?,53?,54?,55?,56?/m1/s1. The summed E-state index contributed by atoms with van der Waals surface area (Å²) < 4.78 is 39.8. The lowest BCUT2D eigenvalue weighted by molar-refractivity contribution is -0.302. The molecule has 7 N–H and O–H groups in total. The zero-order chi connectivity index (χ0) is 62.0. The van der Waals surface area contributed by atoms with Gasteiger partial charge in [0.25, 0.3) is 0 Å². The van der Waals surface area contributed by atoms with Crippen molar-refractivity contribution in [2.75, 3.05) is 85.8 Å². The van der Waals surface area contributed by atoms with E-state index in [-0.39, 0.29) is 97.5 Å². The molecule has 0 bridgehead atoms. The number of nitrogens with zero attached hydrogens (tertiary/aromatic N) is 2. The molecule has 0 saturated carbocycles. The number of carbonyl (C=O) groups is 6. The van der Waals surface area contributed by atoms with E-state index in [1.165, 1.54) is 28.5 Å². The molecule has 2 rings (SSSR count). The average molecular weight is 1200 g/mol. The molecule has 0 spiro atoms. The second-order valence-electron chi connectivity index (χ2n) is 23.3. The number of likely N-dealkylation sites (N-methyl/N-ethyl adjacent to an activating group) is 1. The van der Waals surface area contributed by atoms with Crippen LogP contribution in [0.25, 0.3) is 0 Å². The zero-order valence-electron chi connectivity index (χ0n) is 50.5. The van der Waals surface area contributed by atoms with E-state index in [2.05, 4.69) is 10.3 Å². The Kier molecular flexibility index (Phi) is 32.5. The summed E-state index contributed by atoms with van der Waals surface area (Å²) in [6, 6.07) is 5.49. The molecule has 1 fully saturated rings. The first-order valence-electron chi connectivity index (χ1n) is 28.4. The first kappa shape index (κ1) is 74.5. The lowest BCUT2D eigenvalue weighted by Gasteiger charge is -2.42. The number of carboxylic acids is 1. The van der Waals surface area contributed by atoms with Crippen molar-refractivity contribution >= 4 is 71.9 Å². The molecular formula is C56H95B2N3O19S2. The van der Waals surface area contributed by atoms with Crippen molar-refractivity contribution in [3.63, 3.8) is 0 Å². The van der Waals surface area contributed by atoms with Gasteiger partial charge in [0, 0.05) is 41.1 Å². The fraction of sp³-hybridized carbons (Fsp3) is 0.804. The van der Waals surface area contributed by atoms with E-state index in [1.54, 1.807) is 75.3 Å². The lowest BCUT2D eigenvalue weighted by Crippen LogP contribution is -2.59. The number of ether oxygens (including phenoxy) is 7. The second-order valence-corrected chi connectivity index (χ2v) is 25.8. The van der Waals surface area contributed by atoms with Crippen LogP contribution in [-0.2, 0) is 61.9 Å². The molecule has 1 aliphatic rings. The number of aliphatic carboxylic acids is 1. The highest BCUT2D eigenvalue weighted by molar-refractivity contribution is 8.76. The second kappa shape index (κ2) is 35.8. The Morgan fingerprint density at radius 1 is 0.732 bits per heavy atom. The number of hydrogen-bond acceptors (Lipinski definition) is 22. The molecule has 12 atom stereocenters. The molecular weight excluding hydrogens is 1100 g/mol. The van der Waals surface area contributed by atoms with E-state index in [0.29, 0.717) is 25.1 Å².